The molecule has 0 aromatic rings. The van der Waals surface area contributed by atoms with Gasteiger partial charge in [0, 0.05) is 0 Å². The molecule has 10 heteroatoms. The normalized spacial score (nSPS) is 15.5. The van der Waals surface area contributed by atoms with Gasteiger partial charge in [0.2, 0.25) is 9.92 Å². The first-order chi connectivity index (χ1) is 8.87. The number of nitrogens with zero attached hydrogens (tertiary/aromatic N) is 1. The fourth-order valence-corrected chi connectivity index (χ4v) is 11.2. The Bertz CT molecular complexity index is 224. The lowest BCUT2D eigenvalue weighted by Crippen LogP contribution is -2.54. The van der Waals surface area contributed by atoms with Crippen LogP contribution in [-0.4, -0.2) is 69.5 Å². The van der Waals surface area contributed by atoms with Gasteiger partial charge in [0.15, 0.2) is 18.8 Å². The summed E-state index contributed by atoms with van der Waals surface area (Å²) in [5.41, 5.74) is 1.97. The van der Waals surface area contributed by atoms with Crippen molar-refractivity contribution in [2.45, 2.75) is 39.0 Å². The van der Waals surface area contributed by atoms with Crippen LogP contribution in [0.4, 0.5) is 0 Å². The quantitative estimate of drug-likeness (QED) is 0.448. The van der Waals surface area contributed by atoms with Crippen molar-refractivity contribution in [2.75, 3.05) is 7.05 Å². The molecule has 0 radical (unpaired) electrons. The Morgan fingerprint density at radius 3 is 2.26 bits per heavy atom. The van der Waals surface area contributed by atoms with Gasteiger partial charge in [-0.15, -0.1) is 6.58 Å². The highest BCUT2D eigenvalue weighted by Gasteiger charge is 2.32. The van der Waals surface area contributed by atoms with E-state index in [4.69, 9.17) is 12.3 Å². The summed E-state index contributed by atoms with van der Waals surface area (Å²) in [6.07, 6.45) is 1.20. The Labute approximate surface area is 133 Å². The molecule has 116 valence electrons. The molecule has 0 aliphatic rings. The Kier molecular flexibility index (Phi) is 16.2. The van der Waals surface area contributed by atoms with E-state index in [9.17, 15) is 0 Å². The maximum atomic E-state index is 6.09. The van der Waals surface area contributed by atoms with Gasteiger partial charge in [-0.25, -0.2) is 0 Å². The third kappa shape index (κ3) is 12.3. The molecule has 19 heavy (non-hydrogen) atoms. The van der Waals surface area contributed by atoms with Gasteiger partial charge in [-0.05, 0) is 32.7 Å². The molecule has 0 aromatic heterocycles. The van der Waals surface area contributed by atoms with Crippen LogP contribution in [0.2, 0.25) is 25.7 Å². The number of hydrogen-bond acceptors (Lipinski definition) is 4. The molecular weight excluding hydrogens is 339 g/mol. The molecule has 0 N–H and O–H groups in total. The molecule has 0 aliphatic heterocycles. The van der Waals surface area contributed by atoms with Crippen LogP contribution in [0.3, 0.4) is 0 Å². The molecule has 0 amide bonds. The summed E-state index contributed by atoms with van der Waals surface area (Å²) in [4.78, 5) is 0. The maximum Gasteiger partial charge on any atom is 0.252 e. The molecule has 0 fully saturated rings. The van der Waals surface area contributed by atoms with Gasteiger partial charge in [-0.2, -0.15) is 0 Å². The molecule has 0 heterocycles. The second-order valence-corrected chi connectivity index (χ2v) is 18.7. The highest BCUT2D eigenvalue weighted by molar-refractivity contribution is 6.78. The Hall–Kier alpha value is 0.881. The predicted molar refractivity (Wildman–Crippen MR) is 104 cm³/mol. The fraction of sp³-hybridized carbons (Fsp3) is 0.778. The van der Waals surface area contributed by atoms with Gasteiger partial charge in [-0.3, -0.25) is 0 Å². The van der Waals surface area contributed by atoms with Gasteiger partial charge in [-0.1, -0.05) is 19.0 Å². The van der Waals surface area contributed by atoms with Crippen LogP contribution < -0.4 is 0 Å². The zero-order valence-corrected chi connectivity index (χ0v) is 22.8. The SMILES string of the molecule is C=C[SiH2]O[Si](C)(CCC)N(C)[SiH2]O[SiH3].C[SiH](C)O[SiH3]. The minimum atomic E-state index is -1.61. The lowest BCUT2D eigenvalue weighted by Gasteiger charge is -2.35. The van der Waals surface area contributed by atoms with Crippen LogP contribution in [0.15, 0.2) is 12.3 Å². The fourth-order valence-electron chi connectivity index (χ4n) is 1.41. The van der Waals surface area contributed by atoms with Crippen molar-refractivity contribution in [1.82, 2.24) is 4.23 Å². The van der Waals surface area contributed by atoms with E-state index in [0.29, 0.717) is 0 Å². The Morgan fingerprint density at radius 1 is 1.42 bits per heavy atom. The maximum absolute atomic E-state index is 6.09. The molecular formula is C9H33NO3Si6. The van der Waals surface area contributed by atoms with Crippen molar-refractivity contribution in [1.29, 1.82) is 0 Å². The first kappa shape index (κ1) is 22.2. The van der Waals surface area contributed by atoms with Crippen molar-refractivity contribution in [3.05, 3.63) is 12.3 Å². The van der Waals surface area contributed by atoms with Crippen LogP contribution in [0.5, 0.6) is 0 Å². The Morgan fingerprint density at radius 2 is 1.95 bits per heavy atom. The highest BCUT2D eigenvalue weighted by Crippen LogP contribution is 2.16. The topological polar surface area (TPSA) is 30.9 Å². The van der Waals surface area contributed by atoms with E-state index in [0.717, 1.165) is 21.0 Å². The van der Waals surface area contributed by atoms with Gasteiger partial charge in [0.25, 0.3) is 8.48 Å². The third-order valence-corrected chi connectivity index (χ3v) is 16.8. The van der Waals surface area contributed by atoms with Crippen LogP contribution in [-0.2, 0) is 12.3 Å². The van der Waals surface area contributed by atoms with E-state index in [2.05, 4.69) is 44.4 Å². The van der Waals surface area contributed by atoms with Crippen molar-refractivity contribution in [2.24, 2.45) is 0 Å². The van der Waals surface area contributed by atoms with Crippen molar-refractivity contribution >= 4 is 58.2 Å². The van der Waals surface area contributed by atoms with Gasteiger partial charge < -0.3 is 16.6 Å². The monoisotopic (exact) mass is 371 g/mol. The molecule has 0 saturated heterocycles. The molecule has 1 atom stereocenters. The summed E-state index contributed by atoms with van der Waals surface area (Å²) < 4.78 is 19.0. The second-order valence-electron chi connectivity index (χ2n) is 4.92. The molecule has 4 nitrogen and oxygen atoms in total. The minimum absolute atomic E-state index is 0.487. The minimum Gasteiger partial charge on any atom is -0.466 e. The first-order valence-corrected chi connectivity index (χ1v) is 16.4. The lowest BCUT2D eigenvalue weighted by molar-refractivity contribution is 0.477. The summed E-state index contributed by atoms with van der Waals surface area (Å²) in [5.74, 6) is 0. The summed E-state index contributed by atoms with van der Waals surface area (Å²) in [7, 11) is 0.776. The van der Waals surface area contributed by atoms with Crippen molar-refractivity contribution in [3.63, 3.8) is 0 Å². The van der Waals surface area contributed by atoms with Crippen LogP contribution in [0.1, 0.15) is 13.3 Å². The lowest BCUT2D eigenvalue weighted by atomic mass is 10.6. The van der Waals surface area contributed by atoms with E-state index >= 15 is 0 Å². The van der Waals surface area contributed by atoms with E-state index in [1.54, 1.807) is 0 Å². The summed E-state index contributed by atoms with van der Waals surface area (Å²) in [6, 6.07) is 1.21. The second kappa shape index (κ2) is 13.8. The van der Waals surface area contributed by atoms with Crippen LogP contribution >= 0.6 is 0 Å². The highest BCUT2D eigenvalue weighted by atomic mass is 28.4. The van der Waals surface area contributed by atoms with Crippen LogP contribution in [0, 0.1) is 0 Å². The molecule has 0 bridgehead atoms. The summed E-state index contributed by atoms with van der Waals surface area (Å²) in [6.45, 7) is 12.6. The van der Waals surface area contributed by atoms with E-state index in [1.807, 2.05) is 5.70 Å². The average molecular weight is 372 g/mol. The molecule has 0 aliphatic carbocycles. The van der Waals surface area contributed by atoms with Gasteiger partial charge >= 0.3 is 0 Å². The van der Waals surface area contributed by atoms with E-state index in [-0.39, 0.29) is 0 Å². The molecule has 0 saturated carbocycles. The smallest absolute Gasteiger partial charge is 0.252 e. The van der Waals surface area contributed by atoms with Gasteiger partial charge in [0.1, 0.15) is 21.0 Å². The number of hydrogen-bond donors (Lipinski definition) is 0. The largest absolute Gasteiger partial charge is 0.466 e. The number of rotatable bonds is 9. The van der Waals surface area contributed by atoms with Crippen molar-refractivity contribution < 1.29 is 12.3 Å². The molecule has 0 rings (SSSR count). The third-order valence-electron chi connectivity index (χ3n) is 2.83. The zero-order chi connectivity index (χ0) is 15.3. The summed E-state index contributed by atoms with van der Waals surface area (Å²) >= 11 is 0. The zero-order valence-electron chi connectivity index (χ0n) is 13.9. The van der Waals surface area contributed by atoms with Crippen LogP contribution in [0.25, 0.3) is 0 Å². The predicted octanol–water partition coefficient (Wildman–Crippen LogP) is -1.79. The summed E-state index contributed by atoms with van der Waals surface area (Å²) in [5, 5.41) is 0. The molecule has 0 spiro atoms. The first-order valence-electron chi connectivity index (χ1n) is 6.85. The van der Waals surface area contributed by atoms with Crippen molar-refractivity contribution in [3.8, 4) is 0 Å². The molecule has 0 aromatic carbocycles. The van der Waals surface area contributed by atoms with Gasteiger partial charge in [0.05, 0.1) is 0 Å². The Balaban J connectivity index is 0. The average Bonchev–Trinajstić information content (AvgIpc) is 2.37. The standard InChI is InChI=1S/C7H23NO2Si4.C2H10OSi2/c1-5-7-14(4,10-12-6-2)8(3)13-9-11;1-5(2)3-4/h6H,2,5,7,12-13H2,1,3-4,11H3;5H,1-2,4H3. The van der Waals surface area contributed by atoms with E-state index in [1.165, 1.54) is 12.5 Å². The van der Waals surface area contributed by atoms with E-state index < -0.39 is 37.2 Å². The molecule has 1 unspecified atom stereocenters.